The van der Waals surface area contributed by atoms with Gasteiger partial charge in [0.1, 0.15) is 5.65 Å². The molecule has 7 nitrogen and oxygen atoms in total. The number of carbonyl (C=O) groups excluding carboxylic acids is 1. The van der Waals surface area contributed by atoms with Crippen molar-refractivity contribution in [2.75, 3.05) is 13.1 Å². The van der Waals surface area contributed by atoms with Crippen LogP contribution in [-0.4, -0.2) is 38.0 Å². The first-order valence-corrected chi connectivity index (χ1v) is 7.77. The van der Waals surface area contributed by atoms with Gasteiger partial charge in [0, 0.05) is 33.4 Å². The molecule has 7 heteroatoms. The molecular weight excluding hydrogens is 296 g/mol. The quantitative estimate of drug-likeness (QED) is 0.820. The fraction of sp³-hybridized carbons (Fsp3) is 0.500. The standard InChI is InChI=1S/C16H22N4O3/c1-5-7-8-20(6-2)14(21)11-9-12-13(17-10-11)18(3)16(23)19(4)15(12)22/h9-10H,5-8H2,1-4H3. The van der Waals surface area contributed by atoms with Crippen LogP contribution in [0.3, 0.4) is 0 Å². The van der Waals surface area contributed by atoms with Crippen molar-refractivity contribution in [1.29, 1.82) is 0 Å². The van der Waals surface area contributed by atoms with Crippen molar-refractivity contribution in [3.63, 3.8) is 0 Å². The predicted octanol–water partition coefficient (Wildman–Crippen LogP) is 0.894. The van der Waals surface area contributed by atoms with Gasteiger partial charge in [-0.1, -0.05) is 13.3 Å². The smallest absolute Gasteiger partial charge is 0.332 e. The molecule has 0 radical (unpaired) electrons. The van der Waals surface area contributed by atoms with Crippen LogP contribution in [0.15, 0.2) is 21.9 Å². The number of nitrogens with zero attached hydrogens (tertiary/aromatic N) is 4. The van der Waals surface area contributed by atoms with Crippen molar-refractivity contribution in [2.24, 2.45) is 14.1 Å². The Bertz CT molecular complexity index is 851. The molecule has 2 rings (SSSR count). The molecule has 0 aliphatic heterocycles. The number of aryl methyl sites for hydroxylation is 1. The van der Waals surface area contributed by atoms with E-state index >= 15 is 0 Å². The first-order valence-electron chi connectivity index (χ1n) is 7.77. The highest BCUT2D eigenvalue weighted by molar-refractivity contribution is 5.96. The van der Waals surface area contributed by atoms with Crippen LogP contribution < -0.4 is 11.2 Å². The molecule has 0 saturated carbocycles. The SMILES string of the molecule is CCCCN(CC)C(=O)c1cnc2c(c1)c(=O)n(C)c(=O)n2C. The zero-order chi connectivity index (χ0) is 17.1. The molecule has 1 amide bonds. The number of aromatic nitrogens is 3. The van der Waals surface area contributed by atoms with Gasteiger partial charge in [-0.25, -0.2) is 9.78 Å². The summed E-state index contributed by atoms with van der Waals surface area (Å²) in [6, 6.07) is 1.53. The normalized spacial score (nSPS) is 11.0. The largest absolute Gasteiger partial charge is 0.339 e. The summed E-state index contributed by atoms with van der Waals surface area (Å²) in [6.45, 7) is 5.27. The molecule has 0 aromatic carbocycles. The molecule has 0 N–H and O–H groups in total. The third-order valence-electron chi connectivity index (χ3n) is 3.99. The maximum Gasteiger partial charge on any atom is 0.332 e. The number of rotatable bonds is 5. The molecule has 0 spiro atoms. The Hall–Kier alpha value is -2.44. The van der Waals surface area contributed by atoms with Gasteiger partial charge in [0.15, 0.2) is 0 Å². The lowest BCUT2D eigenvalue weighted by molar-refractivity contribution is 0.0762. The number of fused-ring (bicyclic) bond motifs is 1. The number of unbranched alkanes of at least 4 members (excludes halogenated alkanes) is 1. The van der Waals surface area contributed by atoms with E-state index in [1.807, 2.05) is 6.92 Å². The Labute approximate surface area is 134 Å². The van der Waals surface area contributed by atoms with Gasteiger partial charge in [0.2, 0.25) is 0 Å². The predicted molar refractivity (Wildman–Crippen MR) is 88.7 cm³/mol. The van der Waals surface area contributed by atoms with E-state index in [0.29, 0.717) is 18.7 Å². The number of carbonyl (C=O) groups is 1. The average Bonchev–Trinajstić information content (AvgIpc) is 2.58. The van der Waals surface area contributed by atoms with Crippen LogP contribution >= 0.6 is 0 Å². The van der Waals surface area contributed by atoms with Gasteiger partial charge in [-0.3, -0.25) is 18.7 Å². The van der Waals surface area contributed by atoms with Crippen LogP contribution in [0.25, 0.3) is 11.0 Å². The molecule has 0 atom stereocenters. The van der Waals surface area contributed by atoms with Crippen LogP contribution in [-0.2, 0) is 14.1 Å². The summed E-state index contributed by atoms with van der Waals surface area (Å²) in [7, 11) is 2.97. The molecule has 2 heterocycles. The van der Waals surface area contributed by atoms with Gasteiger partial charge >= 0.3 is 5.69 Å². The van der Waals surface area contributed by atoms with Gasteiger partial charge in [-0.2, -0.15) is 0 Å². The van der Waals surface area contributed by atoms with Crippen molar-refractivity contribution >= 4 is 16.9 Å². The summed E-state index contributed by atoms with van der Waals surface area (Å²) in [4.78, 5) is 42.7. The van der Waals surface area contributed by atoms with Crippen molar-refractivity contribution in [2.45, 2.75) is 26.7 Å². The summed E-state index contributed by atoms with van der Waals surface area (Å²) < 4.78 is 2.33. The van der Waals surface area contributed by atoms with E-state index in [9.17, 15) is 14.4 Å². The van der Waals surface area contributed by atoms with Crippen molar-refractivity contribution in [3.8, 4) is 0 Å². The van der Waals surface area contributed by atoms with E-state index in [1.165, 1.54) is 23.9 Å². The number of pyridine rings is 1. The van der Waals surface area contributed by atoms with Crippen LogP contribution in [0, 0.1) is 0 Å². The van der Waals surface area contributed by atoms with Crippen LogP contribution in [0.5, 0.6) is 0 Å². The summed E-state index contributed by atoms with van der Waals surface area (Å²) >= 11 is 0. The molecule has 23 heavy (non-hydrogen) atoms. The monoisotopic (exact) mass is 318 g/mol. The number of amides is 1. The van der Waals surface area contributed by atoms with Crippen LogP contribution in [0.4, 0.5) is 0 Å². The Morgan fingerprint density at radius 2 is 1.91 bits per heavy atom. The number of hydrogen-bond acceptors (Lipinski definition) is 4. The molecule has 0 saturated heterocycles. The van der Waals surface area contributed by atoms with Crippen molar-refractivity contribution < 1.29 is 4.79 Å². The Kier molecular flexibility index (Phi) is 4.98. The summed E-state index contributed by atoms with van der Waals surface area (Å²) in [5.41, 5.74) is -0.230. The highest BCUT2D eigenvalue weighted by Gasteiger charge is 2.17. The summed E-state index contributed by atoms with van der Waals surface area (Å²) in [5, 5.41) is 0.270. The second-order valence-electron chi connectivity index (χ2n) is 5.54. The second kappa shape index (κ2) is 6.76. The minimum absolute atomic E-state index is 0.147. The lowest BCUT2D eigenvalue weighted by Gasteiger charge is -2.20. The summed E-state index contributed by atoms with van der Waals surface area (Å²) in [6.07, 6.45) is 3.36. The molecule has 124 valence electrons. The first-order chi connectivity index (χ1) is 10.9. The third kappa shape index (κ3) is 3.04. The lowest BCUT2D eigenvalue weighted by Crippen LogP contribution is -2.37. The van der Waals surface area contributed by atoms with E-state index < -0.39 is 11.2 Å². The van der Waals surface area contributed by atoms with E-state index in [4.69, 9.17) is 0 Å². The van der Waals surface area contributed by atoms with Gasteiger partial charge in [0.05, 0.1) is 10.9 Å². The molecule has 2 aromatic rings. The lowest BCUT2D eigenvalue weighted by atomic mass is 10.2. The van der Waals surface area contributed by atoms with Crippen LogP contribution in [0.2, 0.25) is 0 Å². The van der Waals surface area contributed by atoms with Crippen molar-refractivity contribution in [3.05, 3.63) is 38.7 Å². The van der Waals surface area contributed by atoms with Crippen molar-refractivity contribution in [1.82, 2.24) is 19.0 Å². The minimum Gasteiger partial charge on any atom is -0.339 e. The van der Waals surface area contributed by atoms with E-state index in [0.717, 1.165) is 17.4 Å². The molecule has 0 fully saturated rings. The second-order valence-corrected chi connectivity index (χ2v) is 5.54. The Morgan fingerprint density at radius 3 is 2.52 bits per heavy atom. The zero-order valence-electron chi connectivity index (χ0n) is 14.0. The van der Waals surface area contributed by atoms with E-state index in [-0.39, 0.29) is 16.9 Å². The Morgan fingerprint density at radius 1 is 1.22 bits per heavy atom. The number of hydrogen-bond donors (Lipinski definition) is 0. The van der Waals surface area contributed by atoms with Gasteiger partial charge < -0.3 is 4.90 Å². The fourth-order valence-corrected chi connectivity index (χ4v) is 2.52. The molecule has 0 unspecified atom stereocenters. The van der Waals surface area contributed by atoms with Gasteiger partial charge in [0.25, 0.3) is 11.5 Å². The molecule has 0 aliphatic rings. The summed E-state index contributed by atoms with van der Waals surface area (Å²) in [5.74, 6) is -0.147. The molecular formula is C16H22N4O3. The van der Waals surface area contributed by atoms with Crippen LogP contribution in [0.1, 0.15) is 37.0 Å². The maximum atomic E-state index is 12.6. The minimum atomic E-state index is -0.443. The molecule has 2 aromatic heterocycles. The molecule has 0 aliphatic carbocycles. The highest BCUT2D eigenvalue weighted by atomic mass is 16.2. The maximum absolute atomic E-state index is 12.6. The average molecular weight is 318 g/mol. The first kappa shape index (κ1) is 16.9. The topological polar surface area (TPSA) is 77.2 Å². The van der Waals surface area contributed by atoms with E-state index in [2.05, 4.69) is 11.9 Å². The Balaban J connectivity index is 2.54. The third-order valence-corrected chi connectivity index (χ3v) is 3.99. The highest BCUT2D eigenvalue weighted by Crippen LogP contribution is 2.10. The molecule has 0 bridgehead atoms. The van der Waals surface area contributed by atoms with E-state index in [1.54, 1.807) is 11.9 Å². The van der Waals surface area contributed by atoms with Gasteiger partial charge in [-0.15, -0.1) is 0 Å². The fourth-order valence-electron chi connectivity index (χ4n) is 2.52. The zero-order valence-corrected chi connectivity index (χ0v) is 14.0. The van der Waals surface area contributed by atoms with Gasteiger partial charge in [-0.05, 0) is 19.4 Å².